The van der Waals surface area contributed by atoms with Crippen LogP contribution in [0.3, 0.4) is 0 Å². The highest BCUT2D eigenvalue weighted by atomic mass is 32.2. The first kappa shape index (κ1) is 18.9. The van der Waals surface area contributed by atoms with Crippen molar-refractivity contribution >= 4 is 15.9 Å². The number of para-hydroxylation sites is 1. The largest absolute Gasteiger partial charge is 0.478 e. The fourth-order valence-electron chi connectivity index (χ4n) is 1.94. The monoisotopic (exact) mass is 366 g/mol. The smallest absolute Gasteiger partial charge is 0.275 e. The Balaban J connectivity index is 2.00. The number of amides is 1. The Labute approximate surface area is 146 Å². The maximum absolute atomic E-state index is 13.5. The minimum absolute atomic E-state index is 0.0265. The molecule has 6 nitrogen and oxygen atoms in total. The van der Waals surface area contributed by atoms with Gasteiger partial charge in [-0.25, -0.2) is 12.8 Å². The highest BCUT2D eigenvalue weighted by Crippen LogP contribution is 2.17. The average molecular weight is 366 g/mol. The van der Waals surface area contributed by atoms with Crippen LogP contribution >= 0.6 is 0 Å². The molecule has 2 aromatic carbocycles. The molecule has 0 saturated carbocycles. The predicted molar refractivity (Wildman–Crippen MR) is 90.9 cm³/mol. The SMILES string of the molecule is Cc1ccc(S(=O)(=O)NNC(=O)[C@H](C)Oc2ccccc2F)cc1C. The van der Waals surface area contributed by atoms with E-state index in [-0.39, 0.29) is 10.6 Å². The summed E-state index contributed by atoms with van der Waals surface area (Å²) in [5.74, 6) is -1.46. The number of hydrazine groups is 1. The number of hydrogen-bond acceptors (Lipinski definition) is 4. The van der Waals surface area contributed by atoms with Crippen molar-refractivity contribution in [2.45, 2.75) is 31.8 Å². The van der Waals surface area contributed by atoms with Gasteiger partial charge in [-0.05, 0) is 56.2 Å². The molecule has 8 heteroatoms. The van der Waals surface area contributed by atoms with Crippen molar-refractivity contribution < 1.29 is 22.3 Å². The van der Waals surface area contributed by atoms with E-state index in [0.717, 1.165) is 11.1 Å². The molecule has 2 aromatic rings. The first-order valence-electron chi connectivity index (χ1n) is 7.51. The number of nitrogens with one attached hydrogen (secondary N) is 2. The molecular weight excluding hydrogens is 347 g/mol. The van der Waals surface area contributed by atoms with Crippen molar-refractivity contribution in [3.05, 3.63) is 59.4 Å². The standard InChI is InChI=1S/C17H19FN2O4S/c1-11-8-9-14(10-12(11)2)25(22,23)20-19-17(21)13(3)24-16-7-5-4-6-15(16)18/h4-10,13,20H,1-3H3,(H,19,21)/t13-/m0/s1. The third-order valence-electron chi connectivity index (χ3n) is 3.61. The van der Waals surface area contributed by atoms with Crippen LogP contribution < -0.4 is 15.0 Å². The molecule has 0 heterocycles. The molecule has 1 atom stereocenters. The Morgan fingerprint density at radius 1 is 1.12 bits per heavy atom. The summed E-state index contributed by atoms with van der Waals surface area (Å²) in [5.41, 5.74) is 3.83. The highest BCUT2D eigenvalue weighted by molar-refractivity contribution is 7.89. The molecule has 0 aliphatic heterocycles. The fourth-order valence-corrected chi connectivity index (χ4v) is 2.88. The lowest BCUT2D eigenvalue weighted by atomic mass is 10.1. The lowest BCUT2D eigenvalue weighted by Gasteiger charge is -2.16. The number of benzene rings is 2. The van der Waals surface area contributed by atoms with Crippen molar-refractivity contribution in [3.63, 3.8) is 0 Å². The summed E-state index contributed by atoms with van der Waals surface area (Å²) in [6, 6.07) is 10.2. The van der Waals surface area contributed by atoms with Gasteiger partial charge in [-0.2, -0.15) is 0 Å². The van der Waals surface area contributed by atoms with Crippen LogP contribution in [0.1, 0.15) is 18.1 Å². The van der Waals surface area contributed by atoms with Crippen LogP contribution in [0.25, 0.3) is 0 Å². The second kappa shape index (κ2) is 7.62. The van der Waals surface area contributed by atoms with Crippen LogP contribution in [0, 0.1) is 19.7 Å². The van der Waals surface area contributed by atoms with Crippen LogP contribution in [0.4, 0.5) is 4.39 Å². The average Bonchev–Trinajstić information content (AvgIpc) is 2.57. The molecule has 25 heavy (non-hydrogen) atoms. The maximum atomic E-state index is 13.5. The second-order valence-corrected chi connectivity index (χ2v) is 7.21. The zero-order chi connectivity index (χ0) is 18.6. The minimum atomic E-state index is -3.92. The van der Waals surface area contributed by atoms with E-state index in [9.17, 15) is 17.6 Å². The summed E-state index contributed by atoms with van der Waals surface area (Å²) in [6.45, 7) is 5.03. The van der Waals surface area contributed by atoms with Crippen molar-refractivity contribution in [1.82, 2.24) is 10.3 Å². The first-order valence-corrected chi connectivity index (χ1v) is 8.99. The summed E-state index contributed by atoms with van der Waals surface area (Å²) in [7, 11) is -3.92. The summed E-state index contributed by atoms with van der Waals surface area (Å²) in [6.07, 6.45) is -1.10. The molecule has 0 saturated heterocycles. The van der Waals surface area contributed by atoms with Gasteiger partial charge in [-0.3, -0.25) is 10.2 Å². The van der Waals surface area contributed by atoms with E-state index in [0.29, 0.717) is 0 Å². The number of hydrogen-bond donors (Lipinski definition) is 2. The van der Waals surface area contributed by atoms with Gasteiger partial charge in [0.2, 0.25) is 0 Å². The van der Waals surface area contributed by atoms with E-state index in [1.165, 1.54) is 37.3 Å². The highest BCUT2D eigenvalue weighted by Gasteiger charge is 2.20. The lowest BCUT2D eigenvalue weighted by Crippen LogP contribution is -2.47. The Morgan fingerprint density at radius 2 is 1.80 bits per heavy atom. The predicted octanol–water partition coefficient (Wildman–Crippen LogP) is 2.22. The molecule has 0 unspecified atom stereocenters. The van der Waals surface area contributed by atoms with E-state index in [2.05, 4.69) is 5.43 Å². The van der Waals surface area contributed by atoms with Gasteiger partial charge in [0.25, 0.3) is 15.9 Å². The Hall–Kier alpha value is -2.45. The van der Waals surface area contributed by atoms with Crippen LogP contribution in [0.2, 0.25) is 0 Å². The molecule has 0 aliphatic carbocycles. The van der Waals surface area contributed by atoms with E-state index in [1.807, 2.05) is 11.8 Å². The van der Waals surface area contributed by atoms with Crippen LogP contribution in [0.15, 0.2) is 47.4 Å². The van der Waals surface area contributed by atoms with Crippen LogP contribution in [-0.2, 0) is 14.8 Å². The zero-order valence-corrected chi connectivity index (χ0v) is 14.9. The number of carbonyl (C=O) groups is 1. The molecule has 0 radical (unpaired) electrons. The van der Waals surface area contributed by atoms with Gasteiger partial charge in [0.05, 0.1) is 4.90 Å². The van der Waals surface area contributed by atoms with Crippen LogP contribution in [0.5, 0.6) is 5.75 Å². The van der Waals surface area contributed by atoms with Gasteiger partial charge in [-0.15, -0.1) is 4.83 Å². The Morgan fingerprint density at radius 3 is 2.44 bits per heavy atom. The maximum Gasteiger partial charge on any atom is 0.275 e. The van der Waals surface area contributed by atoms with Crippen molar-refractivity contribution in [2.24, 2.45) is 0 Å². The van der Waals surface area contributed by atoms with Crippen LogP contribution in [-0.4, -0.2) is 20.4 Å². The molecule has 2 N–H and O–H groups in total. The molecule has 0 bridgehead atoms. The van der Waals surface area contributed by atoms with E-state index in [4.69, 9.17) is 4.74 Å². The summed E-state index contributed by atoms with van der Waals surface area (Å²) in [5, 5.41) is 0. The number of carbonyl (C=O) groups excluding carboxylic acids is 1. The minimum Gasteiger partial charge on any atom is -0.478 e. The molecule has 0 aromatic heterocycles. The molecule has 2 rings (SSSR count). The van der Waals surface area contributed by atoms with E-state index >= 15 is 0 Å². The van der Waals surface area contributed by atoms with Crippen molar-refractivity contribution in [3.8, 4) is 5.75 Å². The third-order valence-corrected chi connectivity index (χ3v) is 4.85. The molecule has 1 amide bonds. The van der Waals surface area contributed by atoms with Gasteiger partial charge in [0, 0.05) is 0 Å². The van der Waals surface area contributed by atoms with E-state index in [1.54, 1.807) is 19.1 Å². The third kappa shape index (κ3) is 4.77. The van der Waals surface area contributed by atoms with Gasteiger partial charge in [0.15, 0.2) is 17.7 Å². The van der Waals surface area contributed by atoms with Crippen molar-refractivity contribution in [2.75, 3.05) is 0 Å². The van der Waals surface area contributed by atoms with Crippen molar-refractivity contribution in [1.29, 1.82) is 0 Å². The summed E-state index contributed by atoms with van der Waals surface area (Å²) in [4.78, 5) is 14.0. The molecule has 0 fully saturated rings. The topological polar surface area (TPSA) is 84.5 Å². The molecule has 0 aliphatic rings. The Bertz CT molecular complexity index is 884. The summed E-state index contributed by atoms with van der Waals surface area (Å²) < 4.78 is 43.1. The number of rotatable bonds is 6. The number of ether oxygens (including phenoxy) is 1. The normalized spacial score (nSPS) is 12.5. The fraction of sp³-hybridized carbons (Fsp3) is 0.235. The van der Waals surface area contributed by atoms with E-state index < -0.39 is 27.9 Å². The number of sulfonamides is 1. The zero-order valence-electron chi connectivity index (χ0n) is 14.0. The van der Waals surface area contributed by atoms with Gasteiger partial charge in [-0.1, -0.05) is 18.2 Å². The molecule has 134 valence electrons. The first-order chi connectivity index (χ1) is 11.7. The summed E-state index contributed by atoms with van der Waals surface area (Å²) >= 11 is 0. The molecule has 0 spiro atoms. The molecular formula is C17H19FN2O4S. The number of aryl methyl sites for hydroxylation is 2. The number of halogens is 1. The van der Waals surface area contributed by atoms with Gasteiger partial charge >= 0.3 is 0 Å². The lowest BCUT2D eigenvalue weighted by molar-refractivity contribution is -0.127. The second-order valence-electron chi connectivity index (χ2n) is 5.53. The van der Waals surface area contributed by atoms with Gasteiger partial charge < -0.3 is 4.74 Å². The quantitative estimate of drug-likeness (QED) is 0.768. The Kier molecular flexibility index (Phi) is 5.76. The van der Waals surface area contributed by atoms with Gasteiger partial charge in [0.1, 0.15) is 0 Å².